The molecule has 0 unspecified atom stereocenters. The first kappa shape index (κ1) is 28.5. The lowest BCUT2D eigenvalue weighted by atomic mass is 10.1. The highest BCUT2D eigenvalue weighted by atomic mass is 35.5. The summed E-state index contributed by atoms with van der Waals surface area (Å²) in [6.07, 6.45) is -2.59. The summed E-state index contributed by atoms with van der Waals surface area (Å²) in [5.41, 5.74) is 0.676. The number of benzene rings is 2. The van der Waals surface area contributed by atoms with Gasteiger partial charge in [0.2, 0.25) is 21.9 Å². The lowest BCUT2D eigenvalue weighted by Gasteiger charge is -2.19. The van der Waals surface area contributed by atoms with E-state index in [1.807, 2.05) is 16.9 Å². The van der Waals surface area contributed by atoms with Gasteiger partial charge in [-0.2, -0.15) is 28.1 Å². The number of sulfonamides is 1. The van der Waals surface area contributed by atoms with Crippen LogP contribution in [0.1, 0.15) is 41.6 Å². The molecule has 1 heterocycles. The SMILES string of the molecule is O=CC1(S(=O)(=O)NC(=O)c2ccc(Nc3nc(NC4(c5ccc(Cl)cc5)CC4)nc(OCC(F)(F)F)n3)cc2)CC1. The normalized spacial score (nSPS) is 16.8. The van der Waals surface area contributed by atoms with Crippen molar-refractivity contribution >= 4 is 51.4 Å². The van der Waals surface area contributed by atoms with Crippen LogP contribution in [0.25, 0.3) is 0 Å². The fourth-order valence-electron chi connectivity index (χ4n) is 3.96. The highest BCUT2D eigenvalue weighted by molar-refractivity contribution is 7.92. The van der Waals surface area contributed by atoms with Crippen LogP contribution in [0.5, 0.6) is 6.01 Å². The molecule has 0 bridgehead atoms. The van der Waals surface area contributed by atoms with Gasteiger partial charge in [-0.05, 0) is 67.6 Å². The Morgan fingerprint density at radius 2 is 1.61 bits per heavy atom. The molecule has 3 aromatic rings. The van der Waals surface area contributed by atoms with Crippen LogP contribution in [0.3, 0.4) is 0 Å². The Kier molecular flexibility index (Phi) is 7.27. The summed E-state index contributed by atoms with van der Waals surface area (Å²) < 4.78 is 68.1. The van der Waals surface area contributed by atoms with Crippen LogP contribution in [0.4, 0.5) is 30.8 Å². The Labute approximate surface area is 236 Å². The predicted molar refractivity (Wildman–Crippen MR) is 142 cm³/mol. The minimum absolute atomic E-state index is 0.00772. The molecular weight excluding hydrogens is 589 g/mol. The van der Waals surface area contributed by atoms with Gasteiger partial charge in [0, 0.05) is 16.3 Å². The number of hydrogen-bond donors (Lipinski definition) is 3. The lowest BCUT2D eigenvalue weighted by molar-refractivity contribution is -0.154. The number of carbonyl (C=O) groups excluding carboxylic acids is 2. The number of ether oxygens (including phenoxy) is 1. The number of alkyl halides is 3. The van der Waals surface area contributed by atoms with E-state index in [0.717, 1.165) is 18.4 Å². The quantitative estimate of drug-likeness (QED) is 0.271. The molecule has 41 heavy (non-hydrogen) atoms. The van der Waals surface area contributed by atoms with Crippen LogP contribution in [-0.2, 0) is 20.4 Å². The van der Waals surface area contributed by atoms with Crippen LogP contribution in [0.15, 0.2) is 48.5 Å². The molecule has 5 rings (SSSR count). The van der Waals surface area contributed by atoms with E-state index in [-0.39, 0.29) is 30.3 Å². The molecule has 2 aliphatic rings. The van der Waals surface area contributed by atoms with E-state index in [2.05, 4.69) is 25.6 Å². The van der Waals surface area contributed by atoms with Crippen molar-refractivity contribution in [1.29, 1.82) is 0 Å². The van der Waals surface area contributed by atoms with Gasteiger partial charge in [-0.25, -0.2) is 13.1 Å². The Morgan fingerprint density at radius 1 is 0.976 bits per heavy atom. The predicted octanol–water partition coefficient (Wildman–Crippen LogP) is 4.10. The van der Waals surface area contributed by atoms with Crippen LogP contribution in [0, 0.1) is 0 Å². The zero-order valence-corrected chi connectivity index (χ0v) is 22.6. The maximum Gasteiger partial charge on any atom is 0.422 e. The van der Waals surface area contributed by atoms with E-state index >= 15 is 0 Å². The van der Waals surface area contributed by atoms with E-state index in [0.29, 0.717) is 17.0 Å². The van der Waals surface area contributed by atoms with Crippen LogP contribution in [-0.4, -0.2) is 53.1 Å². The largest absolute Gasteiger partial charge is 0.454 e. The van der Waals surface area contributed by atoms with Crippen LogP contribution >= 0.6 is 11.6 Å². The molecule has 2 fully saturated rings. The molecule has 16 heteroatoms. The highest BCUT2D eigenvalue weighted by Gasteiger charge is 2.55. The van der Waals surface area contributed by atoms with E-state index < -0.39 is 45.0 Å². The monoisotopic (exact) mass is 610 g/mol. The summed E-state index contributed by atoms with van der Waals surface area (Å²) >= 11 is 5.98. The van der Waals surface area contributed by atoms with E-state index in [1.165, 1.54) is 24.3 Å². The van der Waals surface area contributed by atoms with Crippen molar-refractivity contribution in [2.24, 2.45) is 0 Å². The summed E-state index contributed by atoms with van der Waals surface area (Å²) in [6, 6.07) is 12.0. The number of anilines is 3. The Bertz CT molecular complexity index is 1580. The van der Waals surface area contributed by atoms with Crippen molar-refractivity contribution < 1.29 is 35.9 Å². The van der Waals surface area contributed by atoms with Gasteiger partial charge >= 0.3 is 12.2 Å². The van der Waals surface area contributed by atoms with Gasteiger partial charge in [-0.3, -0.25) is 4.79 Å². The molecule has 0 radical (unpaired) electrons. The molecule has 11 nitrogen and oxygen atoms in total. The molecule has 2 aliphatic carbocycles. The summed E-state index contributed by atoms with van der Waals surface area (Å²) in [7, 11) is -4.18. The molecule has 1 amide bonds. The Hall–Kier alpha value is -3.98. The first-order chi connectivity index (χ1) is 19.3. The van der Waals surface area contributed by atoms with Crippen molar-refractivity contribution in [2.75, 3.05) is 17.2 Å². The summed E-state index contributed by atoms with van der Waals surface area (Å²) in [5, 5.41) is 6.52. The summed E-state index contributed by atoms with van der Waals surface area (Å²) in [6.45, 7) is -1.61. The smallest absolute Gasteiger partial charge is 0.422 e. The molecule has 0 atom stereocenters. The van der Waals surface area contributed by atoms with Gasteiger partial charge < -0.3 is 20.2 Å². The molecule has 1 aromatic heterocycles. The van der Waals surface area contributed by atoms with Gasteiger partial charge in [0.25, 0.3) is 5.91 Å². The molecule has 3 N–H and O–H groups in total. The maximum atomic E-state index is 12.8. The van der Waals surface area contributed by atoms with E-state index in [1.54, 1.807) is 12.1 Å². The minimum Gasteiger partial charge on any atom is -0.454 e. The molecule has 2 saturated carbocycles. The number of nitrogens with zero attached hydrogens (tertiary/aromatic N) is 3. The summed E-state index contributed by atoms with van der Waals surface area (Å²) in [4.78, 5) is 35.8. The zero-order valence-electron chi connectivity index (χ0n) is 21.0. The molecule has 0 aliphatic heterocycles. The third-order valence-electron chi connectivity index (χ3n) is 6.60. The van der Waals surface area contributed by atoms with E-state index in [9.17, 15) is 31.2 Å². The average molecular weight is 611 g/mol. The molecule has 2 aromatic carbocycles. The first-order valence-corrected chi connectivity index (χ1v) is 14.1. The average Bonchev–Trinajstić information content (AvgIpc) is 3.84. The number of carbonyl (C=O) groups is 2. The maximum absolute atomic E-state index is 12.8. The number of aldehydes is 1. The van der Waals surface area contributed by atoms with Crippen molar-refractivity contribution in [3.8, 4) is 6.01 Å². The fourth-order valence-corrected chi connectivity index (χ4v) is 5.42. The number of aromatic nitrogens is 3. The van der Waals surface area contributed by atoms with Gasteiger partial charge in [-0.15, -0.1) is 0 Å². The standard InChI is InChI=1S/C25H22ClF3N6O5S/c26-17-5-3-16(4-6-17)24(11-12-24)34-21-31-20(32-22(33-21)40-14-25(27,28)29)30-18-7-1-15(2-8-18)19(37)35-41(38,39)23(13-36)9-10-23/h1-8,13H,9-12,14H2,(H,35,37)(H2,30,31,32,33,34). The fraction of sp³-hybridized carbons (Fsp3) is 0.320. The van der Waals surface area contributed by atoms with Gasteiger partial charge in [0.05, 0.1) is 5.54 Å². The first-order valence-electron chi connectivity index (χ1n) is 12.2. The molecule has 216 valence electrons. The topological polar surface area (TPSA) is 152 Å². The van der Waals surface area contributed by atoms with Gasteiger partial charge in [0.15, 0.2) is 6.61 Å². The lowest BCUT2D eigenvalue weighted by Crippen LogP contribution is -2.40. The third-order valence-corrected chi connectivity index (χ3v) is 8.88. The van der Waals surface area contributed by atoms with Crippen molar-refractivity contribution in [2.45, 2.75) is 42.1 Å². The second kappa shape index (κ2) is 10.4. The second-order valence-electron chi connectivity index (χ2n) is 9.70. The minimum atomic E-state index is -4.62. The van der Waals surface area contributed by atoms with Gasteiger partial charge in [-0.1, -0.05) is 23.7 Å². The Morgan fingerprint density at radius 3 is 2.17 bits per heavy atom. The number of rotatable bonds is 11. The molecule has 0 saturated heterocycles. The summed E-state index contributed by atoms with van der Waals surface area (Å²) in [5.74, 6) is -1.10. The highest BCUT2D eigenvalue weighted by Crippen LogP contribution is 2.48. The van der Waals surface area contributed by atoms with Crippen molar-refractivity contribution in [1.82, 2.24) is 19.7 Å². The number of halogens is 4. The number of hydrogen-bond acceptors (Lipinski definition) is 10. The van der Waals surface area contributed by atoms with E-state index in [4.69, 9.17) is 16.3 Å². The third kappa shape index (κ3) is 6.51. The second-order valence-corrected chi connectivity index (χ2v) is 12.2. The van der Waals surface area contributed by atoms with Crippen LogP contribution < -0.4 is 20.1 Å². The number of amides is 1. The Balaban J connectivity index is 1.34. The zero-order chi connectivity index (χ0) is 29.5. The number of nitrogens with one attached hydrogen (secondary N) is 3. The molecular formula is C25H22ClF3N6O5S. The van der Waals surface area contributed by atoms with Crippen molar-refractivity contribution in [3.63, 3.8) is 0 Å². The van der Waals surface area contributed by atoms with Crippen molar-refractivity contribution in [3.05, 3.63) is 64.7 Å². The van der Waals surface area contributed by atoms with Gasteiger partial charge in [0.1, 0.15) is 11.0 Å². The molecule has 0 spiro atoms. The van der Waals surface area contributed by atoms with Crippen LogP contribution in [0.2, 0.25) is 5.02 Å².